The fourth-order valence-corrected chi connectivity index (χ4v) is 8.26. The first-order valence-electron chi connectivity index (χ1n) is 9.77. The predicted octanol–water partition coefficient (Wildman–Crippen LogP) is 1.06. The molecule has 0 saturated carbocycles. The molecule has 0 N–H and O–H groups in total. The molecule has 3 nitrogen and oxygen atoms in total. The first-order valence-corrected chi connectivity index (χ1v) is 11.7. The average Bonchev–Trinajstić information content (AvgIpc) is 3.30. The second-order valence-corrected chi connectivity index (χ2v) is 10.5. The third-order valence-corrected chi connectivity index (χ3v) is 9.71. The second-order valence-electron chi connectivity index (χ2n) is 6.91. The van der Waals surface area contributed by atoms with Crippen LogP contribution in [-0.2, 0) is 6.54 Å². The van der Waals surface area contributed by atoms with Crippen molar-refractivity contribution in [1.29, 1.82) is 0 Å². The monoisotopic (exact) mass is 465 g/mol. The molecule has 0 aliphatic heterocycles. The van der Waals surface area contributed by atoms with Crippen molar-refractivity contribution in [3.05, 3.63) is 104 Å². The maximum atomic E-state index is 4.24. The highest BCUT2D eigenvalue weighted by Crippen LogP contribution is 2.55. The molecule has 1 heterocycles. The Labute approximate surface area is 183 Å². The van der Waals surface area contributed by atoms with Gasteiger partial charge in [-0.05, 0) is 49.2 Å². The fourth-order valence-electron chi connectivity index (χ4n) is 3.85. The molecular weight excluding hydrogens is 441 g/mol. The van der Waals surface area contributed by atoms with E-state index in [-0.39, 0.29) is 17.0 Å². The van der Waals surface area contributed by atoms with E-state index in [9.17, 15) is 0 Å². The number of aromatic nitrogens is 3. The van der Waals surface area contributed by atoms with Gasteiger partial charge in [-0.15, -0.1) is 0 Å². The molecule has 148 valence electrons. The van der Waals surface area contributed by atoms with Crippen molar-refractivity contribution >= 4 is 23.2 Å². The quantitative estimate of drug-likeness (QED) is 0.287. The Morgan fingerprint density at radius 1 is 0.655 bits per heavy atom. The molecule has 0 spiro atoms. The van der Waals surface area contributed by atoms with Crippen LogP contribution in [0.2, 0.25) is 0 Å². The van der Waals surface area contributed by atoms with E-state index >= 15 is 0 Å². The van der Waals surface area contributed by atoms with Crippen LogP contribution < -0.4 is 32.9 Å². The van der Waals surface area contributed by atoms with E-state index < -0.39 is 7.26 Å². The molecule has 5 heteroatoms. The predicted molar refractivity (Wildman–Crippen MR) is 119 cm³/mol. The molecule has 0 fully saturated rings. The standard InChI is InChI=1S/C24H25N3P.BrH/c1-4-12-22(13-5-1)28(23-14-6-2-7-15-23,24-16-8-3-9-17-24)19-11-10-18-27-21-25-20-26-27;/h1-9,12-17,20-21H,10-11,18-19H2;1H/q+1;/p-1. The van der Waals surface area contributed by atoms with Gasteiger partial charge in [0.15, 0.2) is 0 Å². The van der Waals surface area contributed by atoms with E-state index in [2.05, 4.69) is 101 Å². The number of halogens is 1. The number of nitrogens with zero attached hydrogens (tertiary/aromatic N) is 3. The van der Waals surface area contributed by atoms with Crippen LogP contribution in [0.4, 0.5) is 0 Å². The summed E-state index contributed by atoms with van der Waals surface area (Å²) in [5.41, 5.74) is 0. The van der Waals surface area contributed by atoms with E-state index in [1.807, 2.05) is 4.68 Å². The molecule has 1 aromatic heterocycles. The lowest BCUT2D eigenvalue weighted by molar-refractivity contribution is -0.00000563. The van der Waals surface area contributed by atoms with Crippen molar-refractivity contribution in [2.75, 3.05) is 6.16 Å². The number of benzene rings is 3. The third kappa shape index (κ3) is 4.83. The molecule has 4 aromatic rings. The Kier molecular flexibility index (Phi) is 7.74. The van der Waals surface area contributed by atoms with Crippen molar-refractivity contribution in [3.63, 3.8) is 0 Å². The topological polar surface area (TPSA) is 30.7 Å². The maximum Gasteiger partial charge on any atom is 0.137 e. The van der Waals surface area contributed by atoms with Crippen LogP contribution in [0.5, 0.6) is 0 Å². The zero-order valence-electron chi connectivity index (χ0n) is 16.3. The van der Waals surface area contributed by atoms with Crippen LogP contribution in [0.25, 0.3) is 0 Å². The van der Waals surface area contributed by atoms with Gasteiger partial charge < -0.3 is 17.0 Å². The summed E-state index contributed by atoms with van der Waals surface area (Å²) in [5, 5.41) is 8.60. The zero-order chi connectivity index (χ0) is 19.1. The summed E-state index contributed by atoms with van der Waals surface area (Å²) < 4.78 is 1.92. The van der Waals surface area contributed by atoms with Gasteiger partial charge in [0.1, 0.15) is 35.8 Å². The molecule has 0 radical (unpaired) electrons. The molecule has 4 rings (SSSR count). The Bertz CT molecular complexity index is 864. The van der Waals surface area contributed by atoms with Gasteiger partial charge in [0.05, 0.1) is 6.16 Å². The van der Waals surface area contributed by atoms with Crippen LogP contribution in [0.1, 0.15) is 12.8 Å². The van der Waals surface area contributed by atoms with Crippen LogP contribution in [0.3, 0.4) is 0 Å². The third-order valence-electron chi connectivity index (χ3n) is 5.19. The molecule has 29 heavy (non-hydrogen) atoms. The fraction of sp³-hybridized carbons (Fsp3) is 0.167. The summed E-state index contributed by atoms with van der Waals surface area (Å²) >= 11 is 0. The van der Waals surface area contributed by atoms with Gasteiger partial charge in [-0.1, -0.05) is 54.6 Å². The Morgan fingerprint density at radius 2 is 1.14 bits per heavy atom. The minimum absolute atomic E-state index is 0. The smallest absolute Gasteiger partial charge is 0.137 e. The van der Waals surface area contributed by atoms with Gasteiger partial charge in [-0.25, -0.2) is 4.98 Å². The molecule has 0 bridgehead atoms. The molecule has 0 unspecified atom stereocenters. The summed E-state index contributed by atoms with van der Waals surface area (Å²) in [4.78, 5) is 4.05. The SMILES string of the molecule is [Br-].c1ccc([P+](CCCCn2cncn2)(c2ccccc2)c2ccccc2)cc1. The van der Waals surface area contributed by atoms with Gasteiger partial charge in [-0.2, -0.15) is 5.10 Å². The van der Waals surface area contributed by atoms with Gasteiger partial charge in [0, 0.05) is 6.54 Å². The van der Waals surface area contributed by atoms with E-state index in [1.165, 1.54) is 15.9 Å². The lowest BCUT2D eigenvalue weighted by Crippen LogP contribution is -3.00. The highest BCUT2D eigenvalue weighted by molar-refractivity contribution is 7.95. The first-order chi connectivity index (χ1) is 13.9. The molecule has 0 aliphatic carbocycles. The van der Waals surface area contributed by atoms with Gasteiger partial charge in [0.25, 0.3) is 0 Å². The number of hydrogen-bond donors (Lipinski definition) is 0. The van der Waals surface area contributed by atoms with E-state index in [0.717, 1.165) is 25.5 Å². The Balaban J connectivity index is 0.00000240. The molecular formula is C24H25BrN3P. The van der Waals surface area contributed by atoms with Gasteiger partial charge in [0.2, 0.25) is 0 Å². The van der Waals surface area contributed by atoms with Crippen molar-refractivity contribution < 1.29 is 17.0 Å². The molecule has 0 aliphatic rings. The van der Waals surface area contributed by atoms with E-state index in [4.69, 9.17) is 0 Å². The first kappa shape index (κ1) is 21.4. The minimum atomic E-state index is -1.71. The molecule has 0 saturated heterocycles. The largest absolute Gasteiger partial charge is 1.00 e. The van der Waals surface area contributed by atoms with Crippen molar-refractivity contribution in [2.45, 2.75) is 19.4 Å². The molecule has 0 amide bonds. The maximum absolute atomic E-state index is 4.24. The van der Waals surface area contributed by atoms with Crippen LogP contribution in [0.15, 0.2) is 104 Å². The Hall–Kier alpha value is -2.29. The summed E-state index contributed by atoms with van der Waals surface area (Å²) in [7, 11) is -1.71. The normalized spacial score (nSPS) is 11.0. The number of hydrogen-bond acceptors (Lipinski definition) is 2. The van der Waals surface area contributed by atoms with Crippen LogP contribution in [-0.4, -0.2) is 20.9 Å². The van der Waals surface area contributed by atoms with Crippen molar-refractivity contribution in [1.82, 2.24) is 14.8 Å². The number of rotatable bonds is 8. The molecule has 0 atom stereocenters. The van der Waals surface area contributed by atoms with E-state index in [0.29, 0.717) is 0 Å². The van der Waals surface area contributed by atoms with Gasteiger partial charge >= 0.3 is 0 Å². The van der Waals surface area contributed by atoms with Crippen LogP contribution in [0, 0.1) is 0 Å². The van der Waals surface area contributed by atoms with Crippen molar-refractivity contribution in [2.24, 2.45) is 0 Å². The van der Waals surface area contributed by atoms with Crippen molar-refractivity contribution in [3.8, 4) is 0 Å². The average molecular weight is 466 g/mol. The summed E-state index contributed by atoms with van der Waals surface area (Å²) in [5.74, 6) is 0. The number of unbranched alkanes of at least 4 members (excludes halogenated alkanes) is 1. The minimum Gasteiger partial charge on any atom is -1.00 e. The zero-order valence-corrected chi connectivity index (χ0v) is 18.8. The lowest BCUT2D eigenvalue weighted by Gasteiger charge is -2.27. The lowest BCUT2D eigenvalue weighted by atomic mass is 10.3. The Morgan fingerprint density at radius 3 is 1.55 bits per heavy atom. The highest BCUT2D eigenvalue weighted by Gasteiger charge is 2.44. The van der Waals surface area contributed by atoms with Crippen LogP contribution >= 0.6 is 7.26 Å². The second kappa shape index (κ2) is 10.5. The van der Waals surface area contributed by atoms with Gasteiger partial charge in [-0.3, -0.25) is 4.68 Å². The highest BCUT2D eigenvalue weighted by atomic mass is 79.9. The molecule has 3 aromatic carbocycles. The summed E-state index contributed by atoms with van der Waals surface area (Å²) in [6.07, 6.45) is 6.80. The van der Waals surface area contributed by atoms with E-state index in [1.54, 1.807) is 12.7 Å². The summed E-state index contributed by atoms with van der Waals surface area (Å²) in [6, 6.07) is 33.2. The summed E-state index contributed by atoms with van der Waals surface area (Å²) in [6.45, 7) is 0.915. The number of aryl methyl sites for hydroxylation is 1.